The van der Waals surface area contributed by atoms with E-state index in [1.807, 2.05) is 48.7 Å². The number of benzene rings is 2. The van der Waals surface area contributed by atoms with Gasteiger partial charge >= 0.3 is 6.03 Å². The Morgan fingerprint density at radius 1 is 0.970 bits per heavy atom. The fourth-order valence-electron chi connectivity index (χ4n) is 4.30. The summed E-state index contributed by atoms with van der Waals surface area (Å²) >= 11 is 8.04. The SMILES string of the molecule is O=C1N(c2ccccc2Cl)Cc2cnc(SCc3ccccc3)nc2N1CCN1CCCC1. The highest BCUT2D eigenvalue weighted by atomic mass is 35.5. The van der Waals surface area contributed by atoms with Gasteiger partial charge in [-0.1, -0.05) is 65.8 Å². The van der Waals surface area contributed by atoms with Gasteiger partial charge in [0.2, 0.25) is 0 Å². The van der Waals surface area contributed by atoms with E-state index in [1.54, 1.807) is 21.6 Å². The third-order valence-electron chi connectivity index (χ3n) is 6.06. The van der Waals surface area contributed by atoms with Crippen LogP contribution in [0.3, 0.4) is 0 Å². The maximum Gasteiger partial charge on any atom is 0.330 e. The first-order chi connectivity index (χ1) is 16.2. The summed E-state index contributed by atoms with van der Waals surface area (Å²) in [6.45, 7) is 4.00. The number of nitrogens with zero attached hydrogens (tertiary/aromatic N) is 5. The number of urea groups is 1. The molecule has 3 heterocycles. The molecule has 0 atom stereocenters. The molecule has 2 aliphatic heterocycles. The predicted molar refractivity (Wildman–Crippen MR) is 134 cm³/mol. The highest BCUT2D eigenvalue weighted by Gasteiger charge is 2.34. The molecule has 3 aromatic rings. The molecule has 0 saturated carbocycles. The molecule has 1 saturated heterocycles. The van der Waals surface area contributed by atoms with Crippen molar-refractivity contribution >= 4 is 40.9 Å². The van der Waals surface area contributed by atoms with Crippen molar-refractivity contribution in [3.63, 3.8) is 0 Å². The Balaban J connectivity index is 1.42. The molecular weight excluding hydrogens is 454 g/mol. The topological polar surface area (TPSA) is 52.6 Å². The van der Waals surface area contributed by atoms with E-state index in [1.165, 1.54) is 18.4 Å². The molecular formula is C25H26ClN5OS. The van der Waals surface area contributed by atoms with E-state index in [-0.39, 0.29) is 6.03 Å². The van der Waals surface area contributed by atoms with Crippen molar-refractivity contribution < 1.29 is 4.79 Å². The van der Waals surface area contributed by atoms with Crippen LogP contribution in [-0.2, 0) is 12.3 Å². The van der Waals surface area contributed by atoms with E-state index in [0.29, 0.717) is 34.8 Å². The third-order valence-corrected chi connectivity index (χ3v) is 7.31. The fourth-order valence-corrected chi connectivity index (χ4v) is 5.31. The molecule has 2 amide bonds. The highest BCUT2D eigenvalue weighted by molar-refractivity contribution is 7.98. The van der Waals surface area contributed by atoms with Crippen LogP contribution in [0.15, 0.2) is 66.0 Å². The van der Waals surface area contributed by atoms with E-state index in [9.17, 15) is 4.79 Å². The number of carbonyl (C=O) groups excluding carboxylic acids is 1. The van der Waals surface area contributed by atoms with E-state index < -0.39 is 0 Å². The molecule has 33 heavy (non-hydrogen) atoms. The first-order valence-electron chi connectivity index (χ1n) is 11.3. The van der Waals surface area contributed by atoms with Crippen LogP contribution < -0.4 is 9.80 Å². The number of likely N-dealkylation sites (tertiary alicyclic amines) is 1. The number of thioether (sulfide) groups is 1. The number of anilines is 2. The quantitative estimate of drug-likeness (QED) is 0.332. The monoisotopic (exact) mass is 479 g/mol. The molecule has 0 unspecified atom stereocenters. The predicted octanol–water partition coefficient (Wildman–Crippen LogP) is 5.46. The van der Waals surface area contributed by atoms with Crippen LogP contribution in [0.4, 0.5) is 16.3 Å². The smallest absolute Gasteiger partial charge is 0.302 e. The number of hydrogen-bond acceptors (Lipinski definition) is 5. The lowest BCUT2D eigenvalue weighted by atomic mass is 10.2. The number of aromatic nitrogens is 2. The fraction of sp³-hybridized carbons (Fsp3) is 0.320. The Labute approximate surface area is 203 Å². The van der Waals surface area contributed by atoms with Crippen LogP contribution >= 0.6 is 23.4 Å². The van der Waals surface area contributed by atoms with Gasteiger partial charge in [0.25, 0.3) is 0 Å². The standard InChI is InChI=1S/C25H26ClN5OS/c26-21-10-4-5-11-22(21)31-17-20-16-27-24(33-18-19-8-2-1-3-9-19)28-23(20)30(25(31)32)15-14-29-12-6-7-13-29/h1-5,8-11,16H,6-7,12-15,17-18H2. The van der Waals surface area contributed by atoms with Crippen molar-refractivity contribution in [2.24, 2.45) is 0 Å². The van der Waals surface area contributed by atoms with Gasteiger partial charge in [0.05, 0.1) is 17.3 Å². The van der Waals surface area contributed by atoms with E-state index in [2.05, 4.69) is 22.0 Å². The summed E-state index contributed by atoms with van der Waals surface area (Å²) in [6.07, 6.45) is 4.30. The maximum atomic E-state index is 13.6. The van der Waals surface area contributed by atoms with E-state index >= 15 is 0 Å². The Hall–Kier alpha value is -2.61. The molecule has 6 nitrogen and oxygen atoms in total. The molecule has 0 radical (unpaired) electrons. The summed E-state index contributed by atoms with van der Waals surface area (Å²) in [5, 5.41) is 1.24. The molecule has 1 aromatic heterocycles. The second kappa shape index (κ2) is 10.1. The molecule has 0 bridgehead atoms. The largest absolute Gasteiger partial charge is 0.330 e. The summed E-state index contributed by atoms with van der Waals surface area (Å²) in [5.74, 6) is 1.50. The van der Waals surface area contributed by atoms with Gasteiger partial charge in [-0.05, 0) is 43.6 Å². The molecule has 5 rings (SSSR count). The number of fused-ring (bicyclic) bond motifs is 1. The maximum absolute atomic E-state index is 13.6. The molecule has 0 spiro atoms. The number of halogens is 1. The van der Waals surface area contributed by atoms with Crippen LogP contribution in [0.5, 0.6) is 0 Å². The van der Waals surface area contributed by atoms with Crippen molar-refractivity contribution in [2.75, 3.05) is 36.0 Å². The van der Waals surface area contributed by atoms with Gasteiger partial charge in [-0.2, -0.15) is 0 Å². The Morgan fingerprint density at radius 3 is 2.52 bits per heavy atom. The van der Waals surface area contributed by atoms with Gasteiger partial charge in [0, 0.05) is 30.6 Å². The molecule has 8 heteroatoms. The number of hydrogen-bond donors (Lipinski definition) is 0. The Bertz CT molecular complexity index is 1120. The van der Waals surface area contributed by atoms with Crippen molar-refractivity contribution in [3.8, 4) is 0 Å². The lowest BCUT2D eigenvalue weighted by molar-refractivity contribution is 0.248. The van der Waals surface area contributed by atoms with Crippen LogP contribution in [0.2, 0.25) is 5.02 Å². The van der Waals surface area contributed by atoms with Crippen LogP contribution in [0.1, 0.15) is 24.0 Å². The second-order valence-corrected chi connectivity index (χ2v) is 9.65. The molecule has 1 fully saturated rings. The second-order valence-electron chi connectivity index (χ2n) is 8.30. The molecule has 170 valence electrons. The van der Waals surface area contributed by atoms with Gasteiger partial charge in [0.1, 0.15) is 5.82 Å². The summed E-state index contributed by atoms with van der Waals surface area (Å²) in [7, 11) is 0. The molecule has 0 N–H and O–H groups in total. The average Bonchev–Trinajstić information content (AvgIpc) is 3.37. The normalized spacial score (nSPS) is 16.3. The van der Waals surface area contributed by atoms with Gasteiger partial charge in [-0.3, -0.25) is 9.80 Å². The average molecular weight is 480 g/mol. The van der Waals surface area contributed by atoms with Crippen molar-refractivity contribution in [1.29, 1.82) is 0 Å². The molecule has 2 aliphatic rings. The van der Waals surface area contributed by atoms with Crippen molar-refractivity contribution in [3.05, 3.63) is 76.9 Å². The van der Waals surface area contributed by atoms with Gasteiger partial charge in [0.15, 0.2) is 5.16 Å². The number of rotatable bonds is 7. The first kappa shape index (κ1) is 22.2. The van der Waals surface area contributed by atoms with Gasteiger partial charge in [-0.15, -0.1) is 0 Å². The van der Waals surface area contributed by atoms with Crippen molar-refractivity contribution in [2.45, 2.75) is 30.3 Å². The number of amides is 2. The summed E-state index contributed by atoms with van der Waals surface area (Å²) in [4.78, 5) is 29.0. The molecule has 2 aromatic carbocycles. The lowest BCUT2D eigenvalue weighted by Crippen LogP contribution is -2.50. The van der Waals surface area contributed by atoms with E-state index in [0.717, 1.165) is 31.0 Å². The third kappa shape index (κ3) is 5.00. The number of para-hydroxylation sites is 1. The van der Waals surface area contributed by atoms with Crippen LogP contribution in [-0.4, -0.2) is 47.1 Å². The van der Waals surface area contributed by atoms with Crippen LogP contribution in [0, 0.1) is 0 Å². The zero-order chi connectivity index (χ0) is 22.6. The van der Waals surface area contributed by atoms with E-state index in [4.69, 9.17) is 16.6 Å². The summed E-state index contributed by atoms with van der Waals surface area (Å²) < 4.78 is 0. The summed E-state index contributed by atoms with van der Waals surface area (Å²) in [6, 6.07) is 17.7. The minimum Gasteiger partial charge on any atom is -0.302 e. The number of carbonyl (C=O) groups is 1. The molecule has 0 aliphatic carbocycles. The Morgan fingerprint density at radius 2 is 1.73 bits per heavy atom. The minimum absolute atomic E-state index is 0.0903. The van der Waals surface area contributed by atoms with Gasteiger partial charge < -0.3 is 4.90 Å². The zero-order valence-corrected chi connectivity index (χ0v) is 19.9. The lowest BCUT2D eigenvalue weighted by Gasteiger charge is -2.37. The summed E-state index contributed by atoms with van der Waals surface area (Å²) in [5.41, 5.74) is 2.86. The minimum atomic E-state index is -0.0903. The van der Waals surface area contributed by atoms with Gasteiger partial charge in [-0.25, -0.2) is 14.8 Å². The highest BCUT2D eigenvalue weighted by Crippen LogP contribution is 2.35. The zero-order valence-electron chi connectivity index (χ0n) is 18.4. The van der Waals surface area contributed by atoms with Crippen LogP contribution in [0.25, 0.3) is 0 Å². The van der Waals surface area contributed by atoms with Crippen molar-refractivity contribution in [1.82, 2.24) is 14.9 Å². The first-order valence-corrected chi connectivity index (χ1v) is 12.6. The Kier molecular flexibility index (Phi) is 6.80.